The van der Waals surface area contributed by atoms with E-state index >= 15 is 0 Å². The van der Waals surface area contributed by atoms with Crippen molar-refractivity contribution in [3.05, 3.63) is 28.3 Å². The third-order valence-electron chi connectivity index (χ3n) is 3.31. The van der Waals surface area contributed by atoms with E-state index in [1.807, 2.05) is 0 Å². The fourth-order valence-electron chi connectivity index (χ4n) is 2.33. The average Bonchev–Trinajstić information content (AvgIpc) is 2.90. The van der Waals surface area contributed by atoms with Crippen LogP contribution in [0.15, 0.2) is 21.5 Å². The van der Waals surface area contributed by atoms with Gasteiger partial charge in [0.2, 0.25) is 0 Å². The van der Waals surface area contributed by atoms with Crippen LogP contribution in [0.4, 0.5) is 0 Å². The average molecular weight is 246 g/mol. The zero-order chi connectivity index (χ0) is 12.4. The van der Waals surface area contributed by atoms with Gasteiger partial charge in [0.1, 0.15) is 5.69 Å². The first-order valence-corrected chi connectivity index (χ1v) is 6.22. The van der Waals surface area contributed by atoms with Crippen LogP contribution in [0.2, 0.25) is 0 Å². The van der Waals surface area contributed by atoms with Crippen LogP contribution in [-0.4, -0.2) is 20.3 Å². The molecule has 6 heteroatoms. The van der Waals surface area contributed by atoms with Gasteiger partial charge in [-0.1, -0.05) is 24.4 Å². The highest BCUT2D eigenvalue weighted by molar-refractivity contribution is 5.44. The number of hydrogen-bond acceptors (Lipinski definition) is 5. The summed E-state index contributed by atoms with van der Waals surface area (Å²) in [6.45, 7) is 0. The van der Waals surface area contributed by atoms with Crippen molar-refractivity contribution in [3.63, 3.8) is 0 Å². The number of aromatic amines is 1. The maximum absolute atomic E-state index is 10.9. The second kappa shape index (κ2) is 4.72. The van der Waals surface area contributed by atoms with Crippen LogP contribution in [0.25, 0.3) is 11.6 Å². The Hall–Kier alpha value is -1.98. The summed E-state index contributed by atoms with van der Waals surface area (Å²) in [5.74, 6) is 1.53. The molecule has 1 fully saturated rings. The van der Waals surface area contributed by atoms with Gasteiger partial charge in [0.25, 0.3) is 11.4 Å². The van der Waals surface area contributed by atoms with Crippen LogP contribution < -0.4 is 5.56 Å². The fraction of sp³-hybridized carbons (Fsp3) is 0.500. The summed E-state index contributed by atoms with van der Waals surface area (Å²) >= 11 is 0. The molecule has 0 saturated heterocycles. The van der Waals surface area contributed by atoms with Crippen molar-refractivity contribution in [1.29, 1.82) is 0 Å². The number of aromatic nitrogens is 4. The molecule has 0 unspecified atom stereocenters. The van der Waals surface area contributed by atoms with E-state index in [0.29, 0.717) is 17.5 Å². The molecule has 0 atom stereocenters. The van der Waals surface area contributed by atoms with Crippen LogP contribution in [0.1, 0.15) is 43.8 Å². The van der Waals surface area contributed by atoms with E-state index in [9.17, 15) is 4.79 Å². The van der Waals surface area contributed by atoms with E-state index in [2.05, 4.69) is 20.3 Å². The third kappa shape index (κ3) is 2.18. The molecule has 1 saturated carbocycles. The first kappa shape index (κ1) is 11.1. The highest BCUT2D eigenvalue weighted by atomic mass is 16.5. The van der Waals surface area contributed by atoms with Crippen LogP contribution in [0.3, 0.4) is 0 Å². The maximum atomic E-state index is 10.9. The van der Waals surface area contributed by atoms with E-state index in [0.717, 1.165) is 18.7 Å². The molecule has 2 aromatic heterocycles. The molecule has 1 aliphatic carbocycles. The third-order valence-corrected chi connectivity index (χ3v) is 3.31. The number of H-pyrrole nitrogens is 1. The zero-order valence-electron chi connectivity index (χ0n) is 9.93. The normalized spacial score (nSPS) is 16.9. The monoisotopic (exact) mass is 246 g/mol. The number of nitrogens with one attached hydrogen (secondary N) is 1. The number of nitrogens with zero attached hydrogens (tertiary/aromatic N) is 3. The molecule has 1 N–H and O–H groups in total. The molecule has 2 heterocycles. The lowest BCUT2D eigenvalue weighted by atomic mass is 9.89. The minimum Gasteiger partial charge on any atom is -0.332 e. The lowest BCUT2D eigenvalue weighted by Gasteiger charge is -2.17. The zero-order valence-corrected chi connectivity index (χ0v) is 9.93. The van der Waals surface area contributed by atoms with Crippen LogP contribution >= 0.6 is 0 Å². The van der Waals surface area contributed by atoms with Gasteiger partial charge in [0.15, 0.2) is 5.82 Å². The van der Waals surface area contributed by atoms with Gasteiger partial charge >= 0.3 is 0 Å². The van der Waals surface area contributed by atoms with E-state index < -0.39 is 0 Å². The number of hydrogen-bond donors (Lipinski definition) is 1. The van der Waals surface area contributed by atoms with Crippen LogP contribution in [0.5, 0.6) is 0 Å². The molecular weight excluding hydrogens is 232 g/mol. The Morgan fingerprint density at radius 3 is 2.78 bits per heavy atom. The molecule has 6 nitrogen and oxygen atoms in total. The van der Waals surface area contributed by atoms with Crippen molar-refractivity contribution < 1.29 is 4.52 Å². The molecule has 0 aromatic carbocycles. The van der Waals surface area contributed by atoms with Crippen molar-refractivity contribution in [3.8, 4) is 11.6 Å². The smallest absolute Gasteiger partial charge is 0.278 e. The second-order valence-electron chi connectivity index (χ2n) is 4.60. The van der Waals surface area contributed by atoms with Gasteiger partial charge in [0.05, 0.1) is 0 Å². The Balaban J connectivity index is 1.84. The fourth-order valence-corrected chi connectivity index (χ4v) is 2.33. The molecule has 0 bridgehead atoms. The first-order chi connectivity index (χ1) is 8.83. The van der Waals surface area contributed by atoms with E-state index in [4.69, 9.17) is 4.52 Å². The Morgan fingerprint density at radius 1 is 1.22 bits per heavy atom. The van der Waals surface area contributed by atoms with Gasteiger partial charge < -0.3 is 4.52 Å². The Bertz CT molecular complexity index is 563. The van der Waals surface area contributed by atoms with Gasteiger partial charge in [-0.15, -0.1) is 0 Å². The maximum Gasteiger partial charge on any atom is 0.278 e. The molecule has 94 valence electrons. The van der Waals surface area contributed by atoms with Gasteiger partial charge in [-0.3, -0.25) is 4.79 Å². The number of rotatable bonds is 2. The molecule has 0 radical (unpaired) electrons. The summed E-state index contributed by atoms with van der Waals surface area (Å²) < 4.78 is 5.20. The predicted octanol–water partition coefficient (Wildman–Crippen LogP) is 1.87. The molecule has 1 aliphatic rings. The highest BCUT2D eigenvalue weighted by Crippen LogP contribution is 2.31. The minimum absolute atomic E-state index is 0.245. The SMILES string of the molecule is O=c1ccc(-c2nc(C3CCCCC3)no2)n[nH]1. The molecule has 0 amide bonds. The quantitative estimate of drug-likeness (QED) is 0.874. The first-order valence-electron chi connectivity index (χ1n) is 6.22. The summed E-state index contributed by atoms with van der Waals surface area (Å²) in [4.78, 5) is 15.3. The topological polar surface area (TPSA) is 84.7 Å². The second-order valence-corrected chi connectivity index (χ2v) is 4.60. The Labute approximate surface area is 103 Å². The van der Waals surface area contributed by atoms with Crippen molar-refractivity contribution in [2.24, 2.45) is 0 Å². The lowest BCUT2D eigenvalue weighted by molar-refractivity contribution is 0.384. The van der Waals surface area contributed by atoms with Crippen LogP contribution in [-0.2, 0) is 0 Å². The Kier molecular flexibility index (Phi) is 2.92. The lowest BCUT2D eigenvalue weighted by Crippen LogP contribution is -2.07. The summed E-state index contributed by atoms with van der Waals surface area (Å²) in [7, 11) is 0. The van der Waals surface area contributed by atoms with Crippen LogP contribution in [0, 0.1) is 0 Å². The van der Waals surface area contributed by atoms with Gasteiger partial charge in [0, 0.05) is 12.0 Å². The van der Waals surface area contributed by atoms with Crippen molar-refractivity contribution in [2.75, 3.05) is 0 Å². The molecule has 2 aromatic rings. The predicted molar refractivity (Wildman–Crippen MR) is 64.0 cm³/mol. The standard InChI is InChI=1S/C12H14N4O2/c17-10-7-6-9(14-15-10)12-13-11(16-18-12)8-4-2-1-3-5-8/h6-8H,1-5H2,(H,15,17). The van der Waals surface area contributed by atoms with Crippen molar-refractivity contribution in [2.45, 2.75) is 38.0 Å². The molecule has 0 spiro atoms. The molecule has 18 heavy (non-hydrogen) atoms. The minimum atomic E-state index is -0.245. The summed E-state index contributed by atoms with van der Waals surface area (Å²) in [6.07, 6.45) is 6.00. The van der Waals surface area contributed by atoms with Crippen molar-refractivity contribution in [1.82, 2.24) is 20.3 Å². The molecule has 0 aliphatic heterocycles. The van der Waals surface area contributed by atoms with Gasteiger partial charge in [-0.2, -0.15) is 10.1 Å². The summed E-state index contributed by atoms with van der Waals surface area (Å²) in [5.41, 5.74) is 0.259. The van der Waals surface area contributed by atoms with E-state index in [1.165, 1.54) is 25.3 Å². The van der Waals surface area contributed by atoms with Gasteiger partial charge in [-0.05, 0) is 18.9 Å². The van der Waals surface area contributed by atoms with E-state index in [-0.39, 0.29) is 5.56 Å². The Morgan fingerprint density at radius 2 is 2.06 bits per heavy atom. The van der Waals surface area contributed by atoms with Gasteiger partial charge in [-0.25, -0.2) is 5.10 Å². The largest absolute Gasteiger partial charge is 0.332 e. The highest BCUT2D eigenvalue weighted by Gasteiger charge is 2.21. The van der Waals surface area contributed by atoms with Crippen molar-refractivity contribution >= 4 is 0 Å². The summed E-state index contributed by atoms with van der Waals surface area (Å²) in [6, 6.07) is 2.98. The molecular formula is C12H14N4O2. The summed E-state index contributed by atoms with van der Waals surface area (Å²) in [5, 5.41) is 10.2. The molecule has 3 rings (SSSR count). The van der Waals surface area contributed by atoms with E-state index in [1.54, 1.807) is 6.07 Å².